The van der Waals surface area contributed by atoms with Crippen LogP contribution in [0.2, 0.25) is 0 Å². The topological polar surface area (TPSA) is 62.8 Å². The molecular formula is C23H26F3N3O3S. The molecule has 1 saturated heterocycles. The van der Waals surface area contributed by atoms with E-state index in [1.807, 2.05) is 4.90 Å². The van der Waals surface area contributed by atoms with Gasteiger partial charge in [0.1, 0.15) is 5.75 Å². The maximum Gasteiger partial charge on any atom is 0.416 e. The van der Waals surface area contributed by atoms with Crippen LogP contribution in [0.5, 0.6) is 5.75 Å². The highest BCUT2D eigenvalue weighted by Gasteiger charge is 2.31. The minimum atomic E-state index is -4.51. The standard InChI is InChI=1S/C23H26F3N3O3S/c1-2-3-12-32-18-7-4-16(5-8-18)21(30)28-22(33)27-19-15-17(23(24,25)26)6-9-20(19)29-10-13-31-14-11-29/h4-9,15H,2-3,10-14H2,1H3,(H2,27,28,30,33). The van der Waals surface area contributed by atoms with Crippen molar-refractivity contribution >= 4 is 34.6 Å². The van der Waals surface area contributed by atoms with Gasteiger partial charge in [-0.1, -0.05) is 13.3 Å². The molecule has 33 heavy (non-hydrogen) atoms. The van der Waals surface area contributed by atoms with Gasteiger partial charge in [-0.05, 0) is 61.1 Å². The third-order valence-corrected chi connectivity index (χ3v) is 5.24. The molecule has 0 atom stereocenters. The Morgan fingerprint density at radius 1 is 1.15 bits per heavy atom. The predicted octanol–water partition coefficient (Wildman–Crippen LogP) is 4.85. The number of hydrogen-bond donors (Lipinski definition) is 2. The van der Waals surface area contributed by atoms with E-state index in [1.54, 1.807) is 24.3 Å². The van der Waals surface area contributed by atoms with E-state index in [2.05, 4.69) is 17.6 Å². The first kappa shape index (κ1) is 24.8. The van der Waals surface area contributed by atoms with Crippen LogP contribution < -0.4 is 20.3 Å². The summed E-state index contributed by atoms with van der Waals surface area (Å²) in [5.74, 6) is 0.173. The molecule has 0 bridgehead atoms. The van der Waals surface area contributed by atoms with E-state index in [1.165, 1.54) is 6.07 Å². The fourth-order valence-corrected chi connectivity index (χ4v) is 3.46. The van der Waals surface area contributed by atoms with E-state index >= 15 is 0 Å². The Balaban J connectivity index is 1.69. The average molecular weight is 482 g/mol. The van der Waals surface area contributed by atoms with E-state index in [0.29, 0.717) is 49.9 Å². The molecule has 0 unspecified atom stereocenters. The minimum Gasteiger partial charge on any atom is -0.494 e. The van der Waals surface area contributed by atoms with Gasteiger partial charge in [0.15, 0.2) is 5.11 Å². The number of hydrogen-bond acceptors (Lipinski definition) is 5. The lowest BCUT2D eigenvalue weighted by Gasteiger charge is -2.31. The number of carbonyl (C=O) groups excluding carboxylic acids is 1. The van der Waals surface area contributed by atoms with Crippen molar-refractivity contribution in [2.45, 2.75) is 25.9 Å². The van der Waals surface area contributed by atoms with Crippen LogP contribution in [-0.4, -0.2) is 43.9 Å². The number of carbonyl (C=O) groups is 1. The molecule has 0 aromatic heterocycles. The zero-order valence-electron chi connectivity index (χ0n) is 18.2. The largest absolute Gasteiger partial charge is 0.494 e. The lowest BCUT2D eigenvalue weighted by molar-refractivity contribution is -0.137. The summed E-state index contributed by atoms with van der Waals surface area (Å²) in [4.78, 5) is 14.5. The molecule has 1 aliphatic rings. The summed E-state index contributed by atoms with van der Waals surface area (Å²) >= 11 is 5.21. The summed E-state index contributed by atoms with van der Waals surface area (Å²) in [5, 5.41) is 5.18. The molecule has 2 aromatic carbocycles. The maximum absolute atomic E-state index is 13.3. The molecule has 2 N–H and O–H groups in total. The number of nitrogens with one attached hydrogen (secondary N) is 2. The van der Waals surface area contributed by atoms with Crippen molar-refractivity contribution in [3.63, 3.8) is 0 Å². The number of halogens is 3. The van der Waals surface area contributed by atoms with Gasteiger partial charge in [0.2, 0.25) is 0 Å². The lowest BCUT2D eigenvalue weighted by atomic mass is 10.1. The van der Waals surface area contributed by atoms with Crippen LogP contribution in [0.25, 0.3) is 0 Å². The smallest absolute Gasteiger partial charge is 0.416 e. The Kier molecular flexibility index (Phi) is 8.51. The molecule has 2 aromatic rings. The van der Waals surface area contributed by atoms with Crippen LogP contribution in [-0.2, 0) is 10.9 Å². The Morgan fingerprint density at radius 2 is 1.85 bits per heavy atom. The Morgan fingerprint density at radius 3 is 2.48 bits per heavy atom. The van der Waals surface area contributed by atoms with Gasteiger partial charge in [0.05, 0.1) is 36.8 Å². The Bertz CT molecular complexity index is 962. The van der Waals surface area contributed by atoms with Gasteiger partial charge in [-0.3, -0.25) is 10.1 Å². The van der Waals surface area contributed by atoms with Crippen LogP contribution >= 0.6 is 12.2 Å². The minimum absolute atomic E-state index is 0.0999. The van der Waals surface area contributed by atoms with E-state index in [0.717, 1.165) is 25.0 Å². The number of amides is 1. The molecule has 178 valence electrons. The molecule has 1 fully saturated rings. The summed E-state index contributed by atoms with van der Waals surface area (Å²) in [6.45, 7) is 4.67. The van der Waals surface area contributed by atoms with Crippen molar-refractivity contribution in [1.82, 2.24) is 5.32 Å². The van der Waals surface area contributed by atoms with Crippen LogP contribution in [0.3, 0.4) is 0 Å². The molecule has 10 heteroatoms. The van der Waals surface area contributed by atoms with Gasteiger partial charge >= 0.3 is 6.18 Å². The molecule has 1 aliphatic heterocycles. The molecule has 1 heterocycles. The van der Waals surface area contributed by atoms with Gasteiger partial charge < -0.3 is 19.7 Å². The van der Waals surface area contributed by atoms with E-state index in [9.17, 15) is 18.0 Å². The van der Waals surface area contributed by atoms with Gasteiger partial charge in [0, 0.05) is 18.7 Å². The Hall–Kier alpha value is -2.85. The molecule has 0 aliphatic carbocycles. The number of morpholine rings is 1. The van der Waals surface area contributed by atoms with E-state index < -0.39 is 17.6 Å². The van der Waals surface area contributed by atoms with Gasteiger partial charge in [0.25, 0.3) is 5.91 Å². The highest BCUT2D eigenvalue weighted by Crippen LogP contribution is 2.35. The van der Waals surface area contributed by atoms with Crippen LogP contribution in [0.4, 0.5) is 24.5 Å². The molecule has 3 rings (SSSR count). The number of ether oxygens (including phenoxy) is 2. The summed E-state index contributed by atoms with van der Waals surface area (Å²) in [5.41, 5.74) is 0.252. The number of benzene rings is 2. The molecule has 0 spiro atoms. The molecule has 0 saturated carbocycles. The quantitative estimate of drug-likeness (QED) is 0.436. The summed E-state index contributed by atoms with van der Waals surface area (Å²) < 4.78 is 50.7. The van der Waals surface area contributed by atoms with Gasteiger partial charge in [-0.2, -0.15) is 13.2 Å². The van der Waals surface area contributed by atoms with Crippen molar-refractivity contribution in [3.8, 4) is 5.75 Å². The highest BCUT2D eigenvalue weighted by molar-refractivity contribution is 7.80. The Labute approximate surface area is 196 Å². The zero-order chi connectivity index (χ0) is 23.8. The monoisotopic (exact) mass is 481 g/mol. The maximum atomic E-state index is 13.3. The number of unbranched alkanes of at least 4 members (excludes halogenated alkanes) is 1. The predicted molar refractivity (Wildman–Crippen MR) is 125 cm³/mol. The average Bonchev–Trinajstić information content (AvgIpc) is 2.79. The number of alkyl halides is 3. The third kappa shape index (κ3) is 7.06. The second-order valence-electron chi connectivity index (χ2n) is 7.46. The number of anilines is 2. The summed E-state index contributed by atoms with van der Waals surface area (Å²) in [6, 6.07) is 9.99. The van der Waals surface area contributed by atoms with Crippen molar-refractivity contribution in [3.05, 3.63) is 53.6 Å². The first-order valence-electron chi connectivity index (χ1n) is 10.7. The number of nitrogens with zero attached hydrogens (tertiary/aromatic N) is 1. The molecular weight excluding hydrogens is 455 g/mol. The SMILES string of the molecule is CCCCOc1ccc(C(=O)NC(=S)Nc2cc(C(F)(F)F)ccc2N2CCOCC2)cc1. The van der Waals surface area contributed by atoms with Crippen molar-refractivity contribution < 1.29 is 27.4 Å². The van der Waals surface area contributed by atoms with Crippen LogP contribution in [0.15, 0.2) is 42.5 Å². The fourth-order valence-electron chi connectivity index (χ4n) is 3.26. The second-order valence-corrected chi connectivity index (χ2v) is 7.87. The third-order valence-electron chi connectivity index (χ3n) is 5.03. The van der Waals surface area contributed by atoms with E-state index in [4.69, 9.17) is 21.7 Å². The molecule has 0 radical (unpaired) electrons. The second kappa shape index (κ2) is 11.3. The lowest BCUT2D eigenvalue weighted by Crippen LogP contribution is -2.38. The number of thiocarbonyl (C=S) groups is 1. The van der Waals surface area contributed by atoms with Gasteiger partial charge in [-0.15, -0.1) is 0 Å². The number of rotatable bonds is 7. The summed E-state index contributed by atoms with van der Waals surface area (Å²) in [6.07, 6.45) is -2.56. The van der Waals surface area contributed by atoms with Crippen LogP contribution in [0, 0.1) is 0 Å². The van der Waals surface area contributed by atoms with Gasteiger partial charge in [-0.25, -0.2) is 0 Å². The summed E-state index contributed by atoms with van der Waals surface area (Å²) in [7, 11) is 0. The van der Waals surface area contributed by atoms with E-state index in [-0.39, 0.29) is 10.8 Å². The fraction of sp³-hybridized carbons (Fsp3) is 0.391. The van der Waals surface area contributed by atoms with Crippen molar-refractivity contribution in [1.29, 1.82) is 0 Å². The molecule has 6 nitrogen and oxygen atoms in total. The highest BCUT2D eigenvalue weighted by atomic mass is 32.1. The molecule has 1 amide bonds. The van der Waals surface area contributed by atoms with Crippen LogP contribution in [0.1, 0.15) is 35.7 Å². The normalized spacial score (nSPS) is 14.0. The first-order chi connectivity index (χ1) is 15.8. The zero-order valence-corrected chi connectivity index (χ0v) is 19.0. The van der Waals surface area contributed by atoms with Crippen molar-refractivity contribution in [2.75, 3.05) is 43.1 Å². The van der Waals surface area contributed by atoms with Crippen molar-refractivity contribution in [2.24, 2.45) is 0 Å². The first-order valence-corrected chi connectivity index (χ1v) is 11.1.